The van der Waals surface area contributed by atoms with Gasteiger partial charge in [0.2, 0.25) is 41.5 Å². The summed E-state index contributed by atoms with van der Waals surface area (Å²) in [6.07, 6.45) is -12.4. The molecule has 3 fully saturated rings. The Morgan fingerprint density at radius 1 is 0.800 bits per heavy atom. The lowest BCUT2D eigenvalue weighted by molar-refractivity contribution is -0.346. The molecular weight excluding hydrogens is 1310 g/mol. The van der Waals surface area contributed by atoms with Gasteiger partial charge in [0.25, 0.3) is 0 Å². The Bertz CT molecular complexity index is 3680. The number of unbranched alkanes of at least 4 members (excludes halogenated alkanes) is 1. The van der Waals surface area contributed by atoms with Crippen LogP contribution in [-0.4, -0.2) is 171 Å². The number of carbonyl (C=O) groups excluding carboxylic acids is 12. The molecule has 3 aromatic rings. The third-order valence-electron chi connectivity index (χ3n) is 18.7. The zero-order valence-electron chi connectivity index (χ0n) is 56.9. The molecule has 1 saturated heterocycles. The standard InChI is InChI=1S/C70H87F2N7O21/c1-36-46(34-70(94)59(98-63(91)41-20-14-11-15-21-41)57-68(9,58(87)55(86)53(36)67(70,7)8)47(81)33-48-69(57,35-95-48)99-38(3)80)96-64(92)56(54(40-18-12-10-13-19-40)79-65(93)100-66(4,5)6)97-52(85)30-29-49(82)75-31-17-16-22-44(60(73)88)77-51(84)28-26-45(61(74)89)78-62(90)37(2)76-50(83)27-24-39-23-25-42(71)32-43(39)72/h10-15,18-21,23-25,27,32,37,44-48,54-57,59,81,86,94H,16-17,22,26,28-31,33-35H2,1-9H3,(H2,73,88)(H2,74,89)(H,75,82)(H,76,83)(H,77,84)(H,78,90)(H,79,93)/b27-24+/t37?,44?,45-,46-,47-,48+,54+,55+,56+,57-,59-,68+,69-,70+/m0/s1. The summed E-state index contributed by atoms with van der Waals surface area (Å²) in [7, 11) is 0. The highest BCUT2D eigenvalue weighted by Crippen LogP contribution is 2.64. The monoisotopic (exact) mass is 1400 g/mol. The minimum atomic E-state index is -2.54. The number of esters is 4. The van der Waals surface area contributed by atoms with Crippen LogP contribution < -0.4 is 38.1 Å². The number of Topliss-reactive ketones (excluding diaryl/α,β-unsaturated/α-hetero) is 1. The Hall–Kier alpha value is -9.52. The van der Waals surface area contributed by atoms with Gasteiger partial charge in [-0.1, -0.05) is 62.4 Å². The van der Waals surface area contributed by atoms with E-state index in [9.17, 15) is 72.0 Å². The molecule has 1 heterocycles. The van der Waals surface area contributed by atoms with Crippen LogP contribution in [0.3, 0.4) is 0 Å². The van der Waals surface area contributed by atoms with Crippen LogP contribution in [0.25, 0.3) is 6.08 Å². The smallest absolute Gasteiger partial charge is 0.408 e. The van der Waals surface area contributed by atoms with E-state index >= 15 is 9.59 Å². The van der Waals surface area contributed by atoms with E-state index in [-0.39, 0.29) is 66.5 Å². The second kappa shape index (κ2) is 32.2. The fraction of sp³-hybridized carbons (Fsp3) is 0.514. The fourth-order valence-corrected chi connectivity index (χ4v) is 13.4. The first-order chi connectivity index (χ1) is 46.8. The average Bonchev–Trinajstić information content (AvgIpc) is 0.670. The zero-order valence-corrected chi connectivity index (χ0v) is 56.9. The van der Waals surface area contributed by atoms with Gasteiger partial charge in [0.1, 0.15) is 71.4 Å². The number of amides is 7. The van der Waals surface area contributed by atoms with Crippen LogP contribution in [0.5, 0.6) is 0 Å². The molecule has 12 N–H and O–H groups in total. The second-order valence-electron chi connectivity index (χ2n) is 27.1. The summed E-state index contributed by atoms with van der Waals surface area (Å²) >= 11 is 0. The number of alkyl carbamates (subject to hydrolysis) is 1. The number of aliphatic hydroxyl groups is 3. The first-order valence-corrected chi connectivity index (χ1v) is 32.6. The summed E-state index contributed by atoms with van der Waals surface area (Å²) in [5.74, 6) is -13.9. The molecule has 3 aromatic carbocycles. The van der Waals surface area contributed by atoms with Gasteiger partial charge >= 0.3 is 30.0 Å². The highest BCUT2D eigenvalue weighted by atomic mass is 19.1. The summed E-state index contributed by atoms with van der Waals surface area (Å²) in [4.78, 5) is 162. The van der Waals surface area contributed by atoms with Crippen molar-refractivity contribution < 1.29 is 110 Å². The molecule has 28 nitrogen and oxygen atoms in total. The Morgan fingerprint density at radius 2 is 1.44 bits per heavy atom. The van der Waals surface area contributed by atoms with E-state index in [1.165, 1.54) is 58.9 Å². The van der Waals surface area contributed by atoms with Crippen LogP contribution in [0.1, 0.15) is 148 Å². The van der Waals surface area contributed by atoms with Gasteiger partial charge in [-0.2, -0.15) is 0 Å². The zero-order chi connectivity index (χ0) is 74.0. The van der Waals surface area contributed by atoms with Gasteiger partial charge < -0.3 is 81.8 Å². The van der Waals surface area contributed by atoms with Gasteiger partial charge in [0.15, 0.2) is 11.4 Å². The van der Waals surface area contributed by atoms with Crippen molar-refractivity contribution in [2.24, 2.45) is 28.2 Å². The highest BCUT2D eigenvalue weighted by molar-refractivity contribution is 5.97. The summed E-state index contributed by atoms with van der Waals surface area (Å²) in [5, 5.41) is 50.8. The Labute approximate surface area is 575 Å². The van der Waals surface area contributed by atoms with E-state index in [0.717, 1.165) is 31.2 Å². The minimum Gasteiger partial charge on any atom is -0.455 e. The van der Waals surface area contributed by atoms with Crippen molar-refractivity contribution in [3.05, 3.63) is 124 Å². The van der Waals surface area contributed by atoms with Crippen LogP contribution in [0.4, 0.5) is 13.6 Å². The number of fused-ring (bicyclic) bond motifs is 5. The van der Waals surface area contributed by atoms with Crippen LogP contribution in [-0.2, 0) is 76.4 Å². The van der Waals surface area contributed by atoms with Gasteiger partial charge in [-0.05, 0) is 114 Å². The molecule has 2 saturated carbocycles. The third kappa shape index (κ3) is 17.9. The van der Waals surface area contributed by atoms with Crippen molar-refractivity contribution in [2.75, 3.05) is 13.2 Å². The lowest BCUT2D eigenvalue weighted by atomic mass is 9.44. The van der Waals surface area contributed by atoms with Crippen molar-refractivity contribution in [3.63, 3.8) is 0 Å². The van der Waals surface area contributed by atoms with E-state index in [4.69, 9.17) is 39.9 Å². The Balaban J connectivity index is 1.04. The van der Waals surface area contributed by atoms with E-state index in [0.29, 0.717) is 6.07 Å². The number of carbonyl (C=O) groups is 12. The molecule has 2 unspecified atom stereocenters. The number of hydrogen-bond acceptors (Lipinski definition) is 21. The Morgan fingerprint density at radius 3 is 2.04 bits per heavy atom. The lowest BCUT2D eigenvalue weighted by Crippen LogP contribution is -2.81. The van der Waals surface area contributed by atoms with Crippen molar-refractivity contribution >= 4 is 77.3 Å². The predicted molar refractivity (Wildman–Crippen MR) is 348 cm³/mol. The molecule has 4 aliphatic rings. The molecule has 3 aliphatic carbocycles. The summed E-state index contributed by atoms with van der Waals surface area (Å²) in [6, 6.07) is 12.5. The minimum absolute atomic E-state index is 0.00870. The maximum Gasteiger partial charge on any atom is 0.408 e. The van der Waals surface area contributed by atoms with E-state index in [1.807, 2.05) is 0 Å². The number of primary amides is 2. The number of hydrogen-bond donors (Lipinski definition) is 10. The molecule has 0 radical (unpaired) electrons. The van der Waals surface area contributed by atoms with Crippen molar-refractivity contribution in [1.82, 2.24) is 26.6 Å². The number of ether oxygens (including phenoxy) is 6. The van der Waals surface area contributed by atoms with Gasteiger partial charge in [-0.25, -0.2) is 23.2 Å². The number of benzene rings is 3. The molecule has 14 atom stereocenters. The average molecular weight is 1400 g/mol. The van der Waals surface area contributed by atoms with Crippen LogP contribution >= 0.6 is 0 Å². The Kier molecular flexibility index (Phi) is 25.1. The van der Waals surface area contributed by atoms with E-state index in [2.05, 4.69) is 26.6 Å². The molecular formula is C70H87F2N7O21. The molecule has 30 heteroatoms. The van der Waals surface area contributed by atoms with Crippen molar-refractivity contribution in [3.8, 4) is 0 Å². The first-order valence-electron chi connectivity index (χ1n) is 32.6. The van der Waals surface area contributed by atoms with Gasteiger partial charge in [-0.3, -0.25) is 43.2 Å². The molecule has 7 amide bonds. The van der Waals surface area contributed by atoms with E-state index < -0.39 is 209 Å². The second-order valence-corrected chi connectivity index (χ2v) is 27.1. The third-order valence-corrected chi connectivity index (χ3v) is 18.7. The van der Waals surface area contributed by atoms with E-state index in [1.54, 1.807) is 57.2 Å². The van der Waals surface area contributed by atoms with Crippen LogP contribution in [0.2, 0.25) is 0 Å². The number of aliphatic hydroxyl groups excluding tert-OH is 2. The molecule has 1 aliphatic heterocycles. The van der Waals surface area contributed by atoms with Crippen LogP contribution in [0.15, 0.2) is 96.1 Å². The quantitative estimate of drug-likeness (QED) is 0.0164. The summed E-state index contributed by atoms with van der Waals surface area (Å²) < 4.78 is 63.4. The summed E-state index contributed by atoms with van der Waals surface area (Å²) in [6.45, 7) is 12.4. The van der Waals surface area contributed by atoms with Gasteiger partial charge in [-0.15, -0.1) is 0 Å². The first kappa shape index (κ1) is 77.8. The topological polar surface area (TPSA) is 433 Å². The van der Waals surface area contributed by atoms with Gasteiger partial charge in [0.05, 0.1) is 36.0 Å². The highest BCUT2D eigenvalue weighted by Gasteiger charge is 2.78. The van der Waals surface area contributed by atoms with Crippen molar-refractivity contribution in [2.45, 2.75) is 198 Å². The maximum atomic E-state index is 15.4. The fourth-order valence-electron chi connectivity index (χ4n) is 13.4. The normalized spacial score (nSPS) is 25.1. The lowest BCUT2D eigenvalue weighted by Gasteiger charge is -2.67. The molecule has 2 bridgehead atoms. The molecule has 0 aromatic heterocycles. The number of ketones is 1. The molecule has 542 valence electrons. The molecule has 100 heavy (non-hydrogen) atoms. The van der Waals surface area contributed by atoms with Crippen molar-refractivity contribution in [1.29, 1.82) is 0 Å². The van der Waals surface area contributed by atoms with Crippen LogP contribution in [0, 0.1) is 28.4 Å². The maximum absolute atomic E-state index is 15.4. The number of nitrogens with two attached hydrogens (primary N) is 2. The summed E-state index contributed by atoms with van der Waals surface area (Å²) in [5.41, 5.74) is 1.46. The number of halogens is 2. The van der Waals surface area contributed by atoms with Gasteiger partial charge in [0, 0.05) is 62.3 Å². The molecule has 0 spiro atoms. The number of nitrogens with one attached hydrogen (secondary N) is 5. The number of rotatable bonds is 28. The largest absolute Gasteiger partial charge is 0.455 e. The predicted octanol–water partition coefficient (Wildman–Crippen LogP) is 3.09. The molecule has 7 rings (SSSR count). The SMILES string of the molecule is CC(=O)O[C@@]12CO[C@@H]1C[C@H](O)[C@@]1(C)C(=O)[C@H](O)C3=C(C)[C@@H](OC(=O)[C@H](OC(=O)CCC(=O)NCCCCC(NC(=O)CC[C@H](NC(=O)C(C)NC(=O)/C=C/c4ccc(F)cc4F)C(N)=O)C(N)=O)[C@H](NC(=O)OC(C)(C)C)c4ccccc4)C[C@@](O)([C@@H](OC(=O)c4ccccc4)[C@H]21)C3(C)C.